The molecule has 0 aromatic heterocycles. The van der Waals surface area contributed by atoms with Gasteiger partial charge in [0.25, 0.3) is 0 Å². The topological polar surface area (TPSA) is 21.7 Å². The highest BCUT2D eigenvalue weighted by Gasteiger charge is 2.25. The molecule has 0 amide bonds. The number of ether oxygens (including phenoxy) is 2. The van der Waals surface area contributed by atoms with Crippen molar-refractivity contribution in [1.82, 2.24) is 4.90 Å². The van der Waals surface area contributed by atoms with Crippen molar-refractivity contribution in [3.63, 3.8) is 0 Å². The van der Waals surface area contributed by atoms with Crippen LogP contribution in [0.1, 0.15) is 41.5 Å². The summed E-state index contributed by atoms with van der Waals surface area (Å²) in [5.41, 5.74) is 0.276. The van der Waals surface area contributed by atoms with Gasteiger partial charge < -0.3 is 9.47 Å². The van der Waals surface area contributed by atoms with E-state index < -0.39 is 0 Å². The van der Waals surface area contributed by atoms with Crippen LogP contribution >= 0.6 is 0 Å². The van der Waals surface area contributed by atoms with E-state index in [4.69, 9.17) is 9.47 Å². The van der Waals surface area contributed by atoms with Crippen molar-refractivity contribution in [1.29, 1.82) is 0 Å². The minimum Gasteiger partial charge on any atom is -0.352 e. The van der Waals surface area contributed by atoms with Gasteiger partial charge in [-0.05, 0) is 33.2 Å². The zero-order chi connectivity index (χ0) is 12.8. The average Bonchev–Trinajstić information content (AvgIpc) is 2.15. The van der Waals surface area contributed by atoms with E-state index in [2.05, 4.69) is 39.6 Å². The van der Waals surface area contributed by atoms with Gasteiger partial charge >= 0.3 is 0 Å². The number of likely N-dealkylation sites (N-methyl/N-ethyl adjacent to an activating group) is 1. The molecule has 0 radical (unpaired) electrons. The quantitative estimate of drug-likeness (QED) is 0.629. The van der Waals surface area contributed by atoms with Crippen molar-refractivity contribution in [2.75, 3.05) is 26.8 Å². The van der Waals surface area contributed by atoms with Gasteiger partial charge in [0.2, 0.25) is 0 Å². The first-order valence-corrected chi connectivity index (χ1v) is 6.26. The summed E-state index contributed by atoms with van der Waals surface area (Å²) in [6.45, 7) is 15.2. The fraction of sp³-hybridized carbons (Fsp3) is 1.00. The van der Waals surface area contributed by atoms with Gasteiger partial charge in [-0.1, -0.05) is 20.8 Å². The number of hydrogen-bond donors (Lipinski definition) is 0. The Labute approximate surface area is 101 Å². The first-order valence-electron chi connectivity index (χ1n) is 6.26. The molecule has 0 aliphatic rings. The SMILES string of the molecule is CCOC(CN(C)C(C)C(C)(C)C)OCC. The second-order valence-corrected chi connectivity index (χ2v) is 5.32. The highest BCUT2D eigenvalue weighted by atomic mass is 16.7. The minimum absolute atomic E-state index is 0.107. The van der Waals surface area contributed by atoms with E-state index in [0.717, 1.165) is 6.54 Å². The highest BCUT2D eigenvalue weighted by molar-refractivity contribution is 4.77. The van der Waals surface area contributed by atoms with Gasteiger partial charge in [-0.25, -0.2) is 0 Å². The number of hydrogen-bond acceptors (Lipinski definition) is 3. The molecule has 0 rings (SSSR count). The number of nitrogens with zero attached hydrogens (tertiary/aromatic N) is 1. The zero-order valence-corrected chi connectivity index (χ0v) is 12.0. The molecule has 0 bridgehead atoms. The molecule has 0 saturated heterocycles. The Balaban J connectivity index is 4.22. The van der Waals surface area contributed by atoms with Crippen molar-refractivity contribution >= 4 is 0 Å². The normalized spacial score (nSPS) is 14.8. The van der Waals surface area contributed by atoms with Crippen LogP contribution in [0.25, 0.3) is 0 Å². The van der Waals surface area contributed by atoms with Gasteiger partial charge in [0.1, 0.15) is 0 Å². The maximum absolute atomic E-state index is 5.55. The maximum Gasteiger partial charge on any atom is 0.170 e. The van der Waals surface area contributed by atoms with Crippen LogP contribution in [0, 0.1) is 5.41 Å². The van der Waals surface area contributed by atoms with Gasteiger partial charge in [0.05, 0.1) is 0 Å². The zero-order valence-electron chi connectivity index (χ0n) is 12.0. The molecule has 0 fully saturated rings. The van der Waals surface area contributed by atoms with Crippen LogP contribution in [0.5, 0.6) is 0 Å². The minimum atomic E-state index is -0.107. The van der Waals surface area contributed by atoms with Crippen LogP contribution in [-0.4, -0.2) is 44.0 Å². The Morgan fingerprint density at radius 3 is 1.81 bits per heavy atom. The smallest absolute Gasteiger partial charge is 0.170 e. The van der Waals surface area contributed by atoms with E-state index in [1.165, 1.54) is 0 Å². The Kier molecular flexibility index (Phi) is 7.20. The van der Waals surface area contributed by atoms with E-state index >= 15 is 0 Å². The molecule has 0 N–H and O–H groups in total. The molecule has 16 heavy (non-hydrogen) atoms. The van der Waals surface area contributed by atoms with Gasteiger partial charge in [0.15, 0.2) is 6.29 Å². The third-order valence-corrected chi connectivity index (χ3v) is 3.06. The fourth-order valence-electron chi connectivity index (χ4n) is 1.58. The molecule has 0 aromatic rings. The van der Waals surface area contributed by atoms with Gasteiger partial charge in [-0.2, -0.15) is 0 Å². The average molecular weight is 231 g/mol. The van der Waals surface area contributed by atoms with E-state index in [1.807, 2.05) is 13.8 Å². The second-order valence-electron chi connectivity index (χ2n) is 5.32. The standard InChI is InChI=1S/C13H29NO2/c1-8-15-12(16-9-2)10-14(7)11(3)13(4,5)6/h11-12H,8-10H2,1-7H3. The molecule has 3 nitrogen and oxygen atoms in total. The summed E-state index contributed by atoms with van der Waals surface area (Å²) in [6, 6.07) is 0.496. The molecule has 0 heterocycles. The first-order chi connectivity index (χ1) is 7.32. The van der Waals surface area contributed by atoms with Crippen molar-refractivity contribution in [3.05, 3.63) is 0 Å². The summed E-state index contributed by atoms with van der Waals surface area (Å²) in [5, 5.41) is 0. The van der Waals surface area contributed by atoms with Gasteiger partial charge in [-0.3, -0.25) is 4.90 Å². The predicted octanol–water partition coefficient (Wildman–Crippen LogP) is 2.75. The molecular weight excluding hydrogens is 202 g/mol. The summed E-state index contributed by atoms with van der Waals surface area (Å²) >= 11 is 0. The van der Waals surface area contributed by atoms with E-state index in [0.29, 0.717) is 19.3 Å². The number of rotatable bonds is 7. The lowest BCUT2D eigenvalue weighted by atomic mass is 9.87. The molecule has 0 saturated carbocycles. The van der Waals surface area contributed by atoms with Crippen LogP contribution in [0.15, 0.2) is 0 Å². The van der Waals surface area contributed by atoms with Crippen LogP contribution in [0.3, 0.4) is 0 Å². The lowest BCUT2D eigenvalue weighted by Gasteiger charge is -2.36. The summed E-state index contributed by atoms with van der Waals surface area (Å²) in [6.07, 6.45) is -0.107. The lowest BCUT2D eigenvalue weighted by Crippen LogP contribution is -2.44. The molecule has 1 atom stereocenters. The lowest BCUT2D eigenvalue weighted by molar-refractivity contribution is -0.150. The Morgan fingerprint density at radius 2 is 1.50 bits per heavy atom. The Hall–Kier alpha value is -0.120. The summed E-state index contributed by atoms with van der Waals surface area (Å²) in [7, 11) is 2.13. The largest absolute Gasteiger partial charge is 0.352 e. The molecular formula is C13H29NO2. The Morgan fingerprint density at radius 1 is 1.06 bits per heavy atom. The van der Waals surface area contributed by atoms with Gasteiger partial charge in [0, 0.05) is 25.8 Å². The summed E-state index contributed by atoms with van der Waals surface area (Å²) < 4.78 is 11.1. The van der Waals surface area contributed by atoms with Crippen molar-refractivity contribution in [2.24, 2.45) is 5.41 Å². The van der Waals surface area contributed by atoms with Crippen LogP contribution in [-0.2, 0) is 9.47 Å². The van der Waals surface area contributed by atoms with Crippen LogP contribution in [0.4, 0.5) is 0 Å². The Bertz CT molecular complexity index is 171. The maximum atomic E-state index is 5.55. The second kappa shape index (κ2) is 7.25. The summed E-state index contributed by atoms with van der Waals surface area (Å²) in [4.78, 5) is 2.30. The van der Waals surface area contributed by atoms with Crippen molar-refractivity contribution < 1.29 is 9.47 Å². The van der Waals surface area contributed by atoms with Crippen LogP contribution in [0.2, 0.25) is 0 Å². The molecule has 1 unspecified atom stereocenters. The highest BCUT2D eigenvalue weighted by Crippen LogP contribution is 2.23. The van der Waals surface area contributed by atoms with Crippen molar-refractivity contribution in [2.45, 2.75) is 53.9 Å². The van der Waals surface area contributed by atoms with Crippen molar-refractivity contribution in [3.8, 4) is 0 Å². The molecule has 98 valence electrons. The monoisotopic (exact) mass is 231 g/mol. The third kappa shape index (κ3) is 5.83. The van der Waals surface area contributed by atoms with Gasteiger partial charge in [-0.15, -0.1) is 0 Å². The van der Waals surface area contributed by atoms with Crippen LogP contribution < -0.4 is 0 Å². The third-order valence-electron chi connectivity index (χ3n) is 3.06. The first kappa shape index (κ1) is 15.9. The van der Waals surface area contributed by atoms with E-state index in [1.54, 1.807) is 0 Å². The molecule has 0 aromatic carbocycles. The molecule has 0 spiro atoms. The molecule has 0 aliphatic carbocycles. The molecule has 0 aliphatic heterocycles. The molecule has 3 heteroatoms. The van der Waals surface area contributed by atoms with E-state index in [9.17, 15) is 0 Å². The van der Waals surface area contributed by atoms with E-state index in [-0.39, 0.29) is 11.7 Å². The summed E-state index contributed by atoms with van der Waals surface area (Å²) in [5.74, 6) is 0. The predicted molar refractivity (Wildman–Crippen MR) is 68.6 cm³/mol. The fourth-order valence-corrected chi connectivity index (χ4v) is 1.58.